The van der Waals surface area contributed by atoms with E-state index in [0.29, 0.717) is 18.2 Å². The molecule has 3 heterocycles. The van der Waals surface area contributed by atoms with E-state index >= 15 is 0 Å². The van der Waals surface area contributed by atoms with Crippen molar-refractivity contribution < 1.29 is 9.53 Å². The smallest absolute Gasteiger partial charge is 0.239 e. The maximum atomic E-state index is 13.0. The molecule has 4 aromatic rings. The maximum absolute atomic E-state index is 13.0. The third-order valence-electron chi connectivity index (χ3n) is 5.04. The number of thiophene rings is 1. The predicted octanol–water partition coefficient (Wildman–Crippen LogP) is 5.48. The largest absolute Gasteiger partial charge is 0.377 e. The van der Waals surface area contributed by atoms with Crippen LogP contribution in [0.4, 0.5) is 5.13 Å². The van der Waals surface area contributed by atoms with E-state index in [-0.39, 0.29) is 11.2 Å². The van der Waals surface area contributed by atoms with Crippen LogP contribution in [-0.2, 0) is 16.1 Å². The molecule has 0 saturated heterocycles. The van der Waals surface area contributed by atoms with Crippen LogP contribution in [0.2, 0.25) is 0 Å². The highest BCUT2D eigenvalue weighted by Crippen LogP contribution is 2.40. The number of hydrogen-bond acceptors (Lipinski definition) is 9. The van der Waals surface area contributed by atoms with Crippen molar-refractivity contribution in [1.82, 2.24) is 20.2 Å². The number of aryl methyl sites for hydroxylation is 2. The normalized spacial score (nSPS) is 12.2. The Hall–Kier alpha value is -2.40. The van der Waals surface area contributed by atoms with Gasteiger partial charge in [0.15, 0.2) is 0 Å². The Morgan fingerprint density at radius 2 is 2.06 bits per heavy atom. The third kappa shape index (κ3) is 4.83. The molecule has 7 nitrogen and oxygen atoms in total. The summed E-state index contributed by atoms with van der Waals surface area (Å²) in [6.07, 6.45) is 2.21. The molecule has 1 unspecified atom stereocenters. The summed E-state index contributed by atoms with van der Waals surface area (Å²) in [7, 11) is 1.60. The molecule has 166 valence electrons. The highest BCUT2D eigenvalue weighted by atomic mass is 32.2. The van der Waals surface area contributed by atoms with Crippen LogP contribution in [0.15, 0.2) is 34.9 Å². The van der Waals surface area contributed by atoms with Gasteiger partial charge in [0.05, 0.1) is 10.6 Å². The van der Waals surface area contributed by atoms with Crippen molar-refractivity contribution in [2.75, 3.05) is 12.4 Å². The van der Waals surface area contributed by atoms with Gasteiger partial charge in [-0.1, -0.05) is 48.2 Å². The summed E-state index contributed by atoms with van der Waals surface area (Å²) in [5.41, 5.74) is 4.73. The third-order valence-corrected chi connectivity index (χ3v) is 8.10. The number of fused-ring (bicyclic) bond motifs is 1. The summed E-state index contributed by atoms with van der Waals surface area (Å²) in [4.78, 5) is 22.9. The van der Waals surface area contributed by atoms with Crippen LogP contribution in [0.3, 0.4) is 0 Å². The van der Waals surface area contributed by atoms with Crippen molar-refractivity contribution in [2.24, 2.45) is 0 Å². The van der Waals surface area contributed by atoms with Crippen LogP contribution in [0.25, 0.3) is 21.3 Å². The molecule has 0 saturated carbocycles. The highest BCUT2D eigenvalue weighted by molar-refractivity contribution is 8.00. The summed E-state index contributed by atoms with van der Waals surface area (Å²) in [6, 6.07) is 6.45. The number of nitrogens with zero attached hydrogens (tertiary/aromatic N) is 4. The lowest BCUT2D eigenvalue weighted by Gasteiger charge is -2.14. The van der Waals surface area contributed by atoms with Gasteiger partial charge in [-0.2, -0.15) is 0 Å². The number of carbonyl (C=O) groups is 1. The van der Waals surface area contributed by atoms with E-state index in [4.69, 9.17) is 4.74 Å². The molecule has 0 aliphatic heterocycles. The van der Waals surface area contributed by atoms with E-state index in [0.717, 1.165) is 31.4 Å². The zero-order valence-electron chi connectivity index (χ0n) is 18.2. The molecule has 1 aromatic carbocycles. The van der Waals surface area contributed by atoms with Crippen molar-refractivity contribution in [3.05, 3.63) is 46.0 Å². The Morgan fingerprint density at radius 3 is 2.81 bits per heavy atom. The Morgan fingerprint density at radius 1 is 1.22 bits per heavy atom. The van der Waals surface area contributed by atoms with Gasteiger partial charge in [-0.25, -0.2) is 9.97 Å². The predicted molar refractivity (Wildman–Crippen MR) is 132 cm³/mol. The van der Waals surface area contributed by atoms with Crippen LogP contribution in [0.1, 0.15) is 29.5 Å². The SMILES string of the molecule is CCC(Sc1ncnc2scc(-c3ccc(C)c(C)c3)c12)C(=O)Nc1nnc(COC)s1. The Balaban J connectivity index is 1.61. The quantitative estimate of drug-likeness (QED) is 0.261. The monoisotopic (exact) mass is 485 g/mol. The van der Waals surface area contributed by atoms with Gasteiger partial charge in [0, 0.05) is 18.1 Å². The fraction of sp³-hybridized carbons (Fsp3) is 0.318. The molecular formula is C22H23N5O2S3. The number of thioether (sulfide) groups is 1. The number of hydrogen-bond donors (Lipinski definition) is 1. The molecule has 1 amide bonds. The van der Waals surface area contributed by atoms with Gasteiger partial charge in [-0.15, -0.1) is 21.5 Å². The number of amides is 1. The van der Waals surface area contributed by atoms with Gasteiger partial charge in [0.1, 0.15) is 27.8 Å². The number of nitrogens with one attached hydrogen (secondary N) is 1. The molecule has 1 N–H and O–H groups in total. The first-order valence-corrected chi connectivity index (χ1v) is 12.7. The van der Waals surface area contributed by atoms with E-state index in [2.05, 4.69) is 62.9 Å². The second-order valence-electron chi connectivity index (χ2n) is 7.25. The molecule has 0 bridgehead atoms. The van der Waals surface area contributed by atoms with Crippen molar-refractivity contribution >= 4 is 55.7 Å². The number of aromatic nitrogens is 4. The fourth-order valence-electron chi connectivity index (χ4n) is 3.19. The second kappa shape index (κ2) is 10.0. The molecule has 0 aliphatic carbocycles. The molecule has 1 atom stereocenters. The van der Waals surface area contributed by atoms with Crippen LogP contribution in [0.5, 0.6) is 0 Å². The van der Waals surface area contributed by atoms with Crippen LogP contribution in [-0.4, -0.2) is 38.4 Å². The second-order valence-corrected chi connectivity index (χ2v) is 10.4. The minimum atomic E-state index is -0.324. The Kier molecular flexibility index (Phi) is 7.14. The number of rotatable bonds is 8. The standard InChI is InChI=1S/C22H23N5O2S3/c1-5-16(19(28)25-22-27-26-17(32-22)9-29-4)31-21-18-15(10-30-20(18)23-11-24-21)14-7-6-12(2)13(3)8-14/h6-8,10-11,16H,5,9H2,1-4H3,(H,25,27,28). The number of ether oxygens (including phenoxy) is 1. The summed E-state index contributed by atoms with van der Waals surface area (Å²) in [5, 5.41) is 15.7. The average molecular weight is 486 g/mol. The summed E-state index contributed by atoms with van der Waals surface area (Å²) < 4.78 is 5.07. The van der Waals surface area contributed by atoms with Crippen molar-refractivity contribution in [2.45, 2.75) is 44.1 Å². The van der Waals surface area contributed by atoms with E-state index < -0.39 is 0 Å². The molecule has 0 fully saturated rings. The first-order chi connectivity index (χ1) is 15.5. The lowest BCUT2D eigenvalue weighted by molar-refractivity contribution is -0.115. The molecule has 0 radical (unpaired) electrons. The topological polar surface area (TPSA) is 89.9 Å². The van der Waals surface area contributed by atoms with Gasteiger partial charge in [0.25, 0.3) is 0 Å². The molecule has 0 spiro atoms. The lowest BCUT2D eigenvalue weighted by Crippen LogP contribution is -2.24. The van der Waals surface area contributed by atoms with Crippen LogP contribution in [0, 0.1) is 13.8 Å². The highest BCUT2D eigenvalue weighted by Gasteiger charge is 2.23. The number of methoxy groups -OCH3 is 1. The summed E-state index contributed by atoms with van der Waals surface area (Å²) in [5.74, 6) is -0.118. The van der Waals surface area contributed by atoms with E-state index in [1.54, 1.807) is 24.8 Å². The Labute approximate surface area is 198 Å². The summed E-state index contributed by atoms with van der Waals surface area (Å²) >= 11 is 4.37. The molecule has 3 aromatic heterocycles. The van der Waals surface area contributed by atoms with Crippen LogP contribution >= 0.6 is 34.4 Å². The molecule has 4 rings (SSSR count). The number of carbonyl (C=O) groups excluding carboxylic acids is 1. The zero-order chi connectivity index (χ0) is 22.7. The minimum Gasteiger partial charge on any atom is -0.377 e. The van der Waals surface area contributed by atoms with Crippen molar-refractivity contribution in [1.29, 1.82) is 0 Å². The molecule has 32 heavy (non-hydrogen) atoms. The maximum Gasteiger partial charge on any atom is 0.239 e. The summed E-state index contributed by atoms with van der Waals surface area (Å²) in [6.45, 7) is 6.58. The van der Waals surface area contributed by atoms with E-state index in [1.165, 1.54) is 34.2 Å². The van der Waals surface area contributed by atoms with Crippen molar-refractivity contribution in [3.63, 3.8) is 0 Å². The Bertz CT molecular complexity index is 1250. The van der Waals surface area contributed by atoms with Gasteiger partial charge in [0.2, 0.25) is 11.0 Å². The molecular weight excluding hydrogens is 462 g/mol. The average Bonchev–Trinajstić information content (AvgIpc) is 3.41. The molecule has 0 aliphatic rings. The van der Waals surface area contributed by atoms with Crippen molar-refractivity contribution in [3.8, 4) is 11.1 Å². The molecule has 10 heteroatoms. The first kappa shape index (κ1) is 22.8. The number of benzene rings is 1. The van der Waals surface area contributed by atoms with Gasteiger partial charge < -0.3 is 4.74 Å². The van der Waals surface area contributed by atoms with E-state index in [1.807, 2.05) is 6.92 Å². The van der Waals surface area contributed by atoms with E-state index in [9.17, 15) is 4.79 Å². The minimum absolute atomic E-state index is 0.118. The first-order valence-electron chi connectivity index (χ1n) is 10.1. The van der Waals surface area contributed by atoms with Gasteiger partial charge in [-0.05, 0) is 37.0 Å². The lowest BCUT2D eigenvalue weighted by atomic mass is 10.0. The van der Waals surface area contributed by atoms with Gasteiger partial charge in [-0.3, -0.25) is 10.1 Å². The zero-order valence-corrected chi connectivity index (χ0v) is 20.7. The van der Waals surface area contributed by atoms with Crippen LogP contribution < -0.4 is 5.32 Å². The number of anilines is 1. The van der Waals surface area contributed by atoms with Gasteiger partial charge >= 0.3 is 0 Å². The fourth-order valence-corrected chi connectivity index (χ4v) is 5.92.